The van der Waals surface area contributed by atoms with Crippen molar-refractivity contribution in [1.29, 1.82) is 0 Å². The molecule has 1 saturated carbocycles. The van der Waals surface area contributed by atoms with Crippen LogP contribution in [0.4, 0.5) is 0 Å². The van der Waals surface area contributed by atoms with Crippen molar-refractivity contribution >= 4 is 5.91 Å². The van der Waals surface area contributed by atoms with E-state index in [0.717, 1.165) is 25.3 Å². The molecule has 1 fully saturated rings. The monoisotopic (exact) mass is 296 g/mol. The fraction of sp³-hybridized carbons (Fsp3) is 0.944. The molecule has 1 aliphatic carbocycles. The van der Waals surface area contributed by atoms with Crippen LogP contribution in [-0.4, -0.2) is 24.5 Å². The van der Waals surface area contributed by atoms with E-state index in [1.807, 2.05) is 6.92 Å². The summed E-state index contributed by atoms with van der Waals surface area (Å²) in [4.78, 5) is 12.1. The van der Waals surface area contributed by atoms with Crippen LogP contribution < -0.4 is 10.6 Å². The van der Waals surface area contributed by atoms with Gasteiger partial charge in [0, 0.05) is 6.04 Å². The van der Waals surface area contributed by atoms with Crippen LogP contribution in [0.15, 0.2) is 0 Å². The number of unbranched alkanes of at least 4 members (excludes halogenated alkanes) is 3. The Labute approximate surface area is 131 Å². The molecule has 1 aliphatic rings. The van der Waals surface area contributed by atoms with Gasteiger partial charge in [-0.05, 0) is 38.6 Å². The molecule has 0 bridgehead atoms. The summed E-state index contributed by atoms with van der Waals surface area (Å²) < 4.78 is 0. The van der Waals surface area contributed by atoms with Crippen molar-refractivity contribution in [2.45, 2.75) is 97.1 Å². The molecule has 0 aliphatic heterocycles. The largest absolute Gasteiger partial charge is 0.352 e. The van der Waals surface area contributed by atoms with Crippen molar-refractivity contribution in [3.63, 3.8) is 0 Å². The minimum atomic E-state index is -0.0532. The molecule has 2 N–H and O–H groups in total. The van der Waals surface area contributed by atoms with Gasteiger partial charge in [0.15, 0.2) is 0 Å². The number of carbonyl (C=O) groups is 1. The van der Waals surface area contributed by atoms with Crippen molar-refractivity contribution in [2.75, 3.05) is 6.54 Å². The fourth-order valence-electron chi connectivity index (χ4n) is 3.02. The van der Waals surface area contributed by atoms with E-state index in [-0.39, 0.29) is 11.9 Å². The number of amides is 1. The van der Waals surface area contributed by atoms with Gasteiger partial charge in [-0.15, -0.1) is 0 Å². The van der Waals surface area contributed by atoms with Crippen molar-refractivity contribution in [3.05, 3.63) is 0 Å². The molecule has 0 aromatic rings. The molecule has 0 radical (unpaired) electrons. The molecule has 124 valence electrons. The van der Waals surface area contributed by atoms with Gasteiger partial charge in [-0.1, -0.05) is 58.8 Å². The zero-order chi connectivity index (χ0) is 15.5. The predicted molar refractivity (Wildman–Crippen MR) is 90.4 cm³/mol. The second-order valence-electron chi connectivity index (χ2n) is 7.12. The van der Waals surface area contributed by atoms with Gasteiger partial charge in [0.25, 0.3) is 0 Å². The molecule has 0 saturated heterocycles. The number of carbonyl (C=O) groups excluding carboxylic acids is 1. The molecule has 1 rings (SSSR count). The Balaban J connectivity index is 1.99. The Morgan fingerprint density at radius 1 is 1.00 bits per heavy atom. The zero-order valence-corrected chi connectivity index (χ0v) is 14.4. The summed E-state index contributed by atoms with van der Waals surface area (Å²) in [6.45, 7) is 7.51. The van der Waals surface area contributed by atoms with E-state index in [2.05, 4.69) is 24.5 Å². The second kappa shape index (κ2) is 11.1. The molecule has 1 unspecified atom stereocenters. The zero-order valence-electron chi connectivity index (χ0n) is 14.4. The molecule has 21 heavy (non-hydrogen) atoms. The van der Waals surface area contributed by atoms with Crippen LogP contribution in [0.25, 0.3) is 0 Å². The van der Waals surface area contributed by atoms with Crippen molar-refractivity contribution in [3.8, 4) is 0 Å². The average Bonchev–Trinajstić information content (AvgIpc) is 2.46. The van der Waals surface area contributed by atoms with Crippen molar-refractivity contribution in [1.82, 2.24) is 10.6 Å². The second-order valence-corrected chi connectivity index (χ2v) is 7.12. The van der Waals surface area contributed by atoms with E-state index in [0.29, 0.717) is 6.04 Å². The summed E-state index contributed by atoms with van der Waals surface area (Å²) in [5.74, 6) is 1.01. The Kier molecular flexibility index (Phi) is 9.73. The highest BCUT2D eigenvalue weighted by Gasteiger charge is 2.18. The highest BCUT2D eigenvalue weighted by Crippen LogP contribution is 2.17. The van der Waals surface area contributed by atoms with Crippen LogP contribution in [0.2, 0.25) is 0 Å². The van der Waals surface area contributed by atoms with Crippen molar-refractivity contribution in [2.24, 2.45) is 5.92 Å². The maximum absolute atomic E-state index is 12.1. The van der Waals surface area contributed by atoms with E-state index < -0.39 is 0 Å². The van der Waals surface area contributed by atoms with Crippen LogP contribution in [0.3, 0.4) is 0 Å². The summed E-state index contributed by atoms with van der Waals surface area (Å²) >= 11 is 0. The van der Waals surface area contributed by atoms with E-state index in [1.54, 1.807) is 0 Å². The van der Waals surface area contributed by atoms with Crippen LogP contribution in [0.5, 0.6) is 0 Å². The summed E-state index contributed by atoms with van der Waals surface area (Å²) in [6.07, 6.45) is 12.6. The van der Waals surface area contributed by atoms with Gasteiger partial charge in [-0.25, -0.2) is 0 Å². The first-order chi connectivity index (χ1) is 10.1. The maximum Gasteiger partial charge on any atom is 0.237 e. The van der Waals surface area contributed by atoms with Crippen molar-refractivity contribution < 1.29 is 4.79 Å². The smallest absolute Gasteiger partial charge is 0.237 e. The molecule has 0 aromatic heterocycles. The number of hydrogen-bond acceptors (Lipinski definition) is 2. The van der Waals surface area contributed by atoms with Gasteiger partial charge in [-0.3, -0.25) is 4.79 Å². The molecule has 3 nitrogen and oxygen atoms in total. The topological polar surface area (TPSA) is 41.1 Å². The predicted octanol–water partition coefficient (Wildman–Crippen LogP) is 4.02. The summed E-state index contributed by atoms with van der Waals surface area (Å²) in [5, 5.41) is 6.55. The van der Waals surface area contributed by atoms with E-state index in [4.69, 9.17) is 0 Å². The maximum atomic E-state index is 12.1. The summed E-state index contributed by atoms with van der Waals surface area (Å²) in [7, 11) is 0. The highest BCUT2D eigenvalue weighted by molar-refractivity contribution is 5.81. The number of nitrogens with one attached hydrogen (secondary N) is 2. The number of hydrogen-bond donors (Lipinski definition) is 2. The SMILES string of the molecule is CC(C)CCCCCCNC(C)C(=O)NC1CCCCC1. The normalized spacial score (nSPS) is 17.9. The van der Waals surface area contributed by atoms with Gasteiger partial charge >= 0.3 is 0 Å². The Bertz CT molecular complexity index is 272. The first kappa shape index (κ1) is 18.5. The van der Waals surface area contributed by atoms with Gasteiger partial charge < -0.3 is 10.6 Å². The quantitative estimate of drug-likeness (QED) is 0.598. The van der Waals surface area contributed by atoms with E-state index in [1.165, 1.54) is 51.4 Å². The van der Waals surface area contributed by atoms with E-state index >= 15 is 0 Å². The third kappa shape index (κ3) is 9.13. The Hall–Kier alpha value is -0.570. The molecule has 1 atom stereocenters. The molecule has 1 amide bonds. The van der Waals surface area contributed by atoms with Gasteiger partial charge in [0.05, 0.1) is 6.04 Å². The third-order valence-corrected chi connectivity index (χ3v) is 4.50. The molecular formula is C18H36N2O. The Morgan fingerprint density at radius 2 is 1.67 bits per heavy atom. The molecule has 0 aromatic carbocycles. The lowest BCUT2D eigenvalue weighted by Crippen LogP contribution is -2.47. The summed E-state index contributed by atoms with van der Waals surface area (Å²) in [5.41, 5.74) is 0. The molecule has 0 spiro atoms. The van der Waals surface area contributed by atoms with Gasteiger partial charge in [0.1, 0.15) is 0 Å². The van der Waals surface area contributed by atoms with Gasteiger partial charge in [-0.2, -0.15) is 0 Å². The lowest BCUT2D eigenvalue weighted by molar-refractivity contribution is -0.123. The average molecular weight is 296 g/mol. The van der Waals surface area contributed by atoms with Crippen LogP contribution in [-0.2, 0) is 4.79 Å². The lowest BCUT2D eigenvalue weighted by atomic mass is 9.95. The Morgan fingerprint density at radius 3 is 2.33 bits per heavy atom. The van der Waals surface area contributed by atoms with Crippen LogP contribution in [0, 0.1) is 5.92 Å². The molecular weight excluding hydrogens is 260 g/mol. The first-order valence-electron chi connectivity index (χ1n) is 9.13. The van der Waals surface area contributed by atoms with Gasteiger partial charge in [0.2, 0.25) is 5.91 Å². The third-order valence-electron chi connectivity index (χ3n) is 4.50. The fourth-order valence-corrected chi connectivity index (χ4v) is 3.02. The minimum Gasteiger partial charge on any atom is -0.352 e. The molecule has 0 heterocycles. The van der Waals surface area contributed by atoms with Crippen LogP contribution in [0.1, 0.15) is 85.0 Å². The van der Waals surface area contributed by atoms with E-state index in [9.17, 15) is 4.79 Å². The first-order valence-corrected chi connectivity index (χ1v) is 9.13. The van der Waals surface area contributed by atoms with Crippen LogP contribution >= 0.6 is 0 Å². The molecule has 3 heteroatoms. The minimum absolute atomic E-state index is 0.0532. The standard InChI is InChI=1S/C18H36N2O/c1-15(2)11-7-4-5-10-14-19-16(3)18(21)20-17-12-8-6-9-13-17/h15-17,19H,4-14H2,1-3H3,(H,20,21). The number of rotatable bonds is 10. The summed E-state index contributed by atoms with van der Waals surface area (Å²) in [6, 6.07) is 0.370. The lowest BCUT2D eigenvalue weighted by Gasteiger charge is -2.24. The highest BCUT2D eigenvalue weighted by atomic mass is 16.2.